The Balaban J connectivity index is 1.54. The van der Waals surface area contributed by atoms with Gasteiger partial charge < -0.3 is 9.13 Å². The molecule has 148 valence electrons. The van der Waals surface area contributed by atoms with Gasteiger partial charge >= 0.3 is 0 Å². The van der Waals surface area contributed by atoms with Crippen LogP contribution in [0.15, 0.2) is 91.1 Å². The number of allylic oxidation sites excluding steroid dienone is 1. The van der Waals surface area contributed by atoms with E-state index in [0.717, 1.165) is 12.8 Å². The van der Waals surface area contributed by atoms with Gasteiger partial charge in [0.15, 0.2) is 0 Å². The number of rotatable bonds is 2. The fraction of sp³-hybridized carbons (Fsp3) is 0.0714. The zero-order chi connectivity index (χ0) is 20.4. The molecule has 3 aromatic carbocycles. The average Bonchev–Trinajstić information content (AvgIpc) is 3.52. The molecule has 0 N–H and O–H groups in total. The van der Waals surface area contributed by atoms with Crippen molar-refractivity contribution in [2.45, 2.75) is 12.8 Å². The maximum Gasteiger partial charge on any atom is 0.101 e. The summed E-state index contributed by atoms with van der Waals surface area (Å²) in [5.74, 6) is 0. The molecule has 1 aliphatic rings. The second-order valence-corrected chi connectivity index (χ2v) is 9.24. The molecule has 0 atom stereocenters. The van der Waals surface area contributed by atoms with Crippen LogP contribution in [0.2, 0.25) is 0 Å². The van der Waals surface area contributed by atoms with Crippen LogP contribution in [-0.2, 0) is 6.42 Å². The molecular weight excluding hydrogens is 396 g/mol. The summed E-state index contributed by atoms with van der Waals surface area (Å²) in [5.41, 5.74) is 6.61. The lowest BCUT2D eigenvalue weighted by Crippen LogP contribution is -2.02. The smallest absolute Gasteiger partial charge is 0.101 e. The number of thiophene rings is 1. The molecule has 7 rings (SSSR count). The van der Waals surface area contributed by atoms with E-state index in [1.54, 1.807) is 0 Å². The van der Waals surface area contributed by atoms with Crippen LogP contribution in [0, 0.1) is 0 Å². The highest BCUT2D eigenvalue weighted by molar-refractivity contribution is 7.21. The number of hydrogen-bond acceptors (Lipinski definition) is 1. The van der Waals surface area contributed by atoms with Gasteiger partial charge in [-0.05, 0) is 60.7 Å². The Labute approximate surface area is 184 Å². The molecule has 0 unspecified atom stereocenters. The van der Waals surface area contributed by atoms with Gasteiger partial charge in [-0.2, -0.15) is 0 Å². The highest BCUT2D eigenvalue weighted by atomic mass is 32.1. The van der Waals surface area contributed by atoms with Gasteiger partial charge in [0.1, 0.15) is 5.00 Å². The van der Waals surface area contributed by atoms with Crippen LogP contribution in [0.1, 0.15) is 17.7 Å². The van der Waals surface area contributed by atoms with Crippen LogP contribution in [0.5, 0.6) is 0 Å². The van der Waals surface area contributed by atoms with E-state index >= 15 is 0 Å². The SMILES string of the molecule is C1=Cc2c(n(-c3ccccc3)c3ccc4c(ccn4-c4cc5ccccc5s4)c23)CC1. The summed E-state index contributed by atoms with van der Waals surface area (Å²) in [7, 11) is 0. The Morgan fingerprint density at radius 2 is 1.65 bits per heavy atom. The van der Waals surface area contributed by atoms with Crippen molar-refractivity contribution in [2.75, 3.05) is 0 Å². The number of nitrogens with zero attached hydrogens (tertiary/aromatic N) is 2. The Morgan fingerprint density at radius 1 is 0.806 bits per heavy atom. The fourth-order valence-electron chi connectivity index (χ4n) is 5.08. The van der Waals surface area contributed by atoms with E-state index in [4.69, 9.17) is 0 Å². The van der Waals surface area contributed by atoms with E-state index < -0.39 is 0 Å². The zero-order valence-corrected chi connectivity index (χ0v) is 17.8. The topological polar surface area (TPSA) is 9.86 Å². The largest absolute Gasteiger partial charge is 0.313 e. The number of hydrogen-bond donors (Lipinski definition) is 0. The van der Waals surface area contributed by atoms with Gasteiger partial charge in [-0.25, -0.2) is 0 Å². The summed E-state index contributed by atoms with van der Waals surface area (Å²) >= 11 is 1.85. The van der Waals surface area contributed by atoms with Crippen LogP contribution < -0.4 is 0 Å². The Hall–Kier alpha value is -3.56. The monoisotopic (exact) mass is 416 g/mol. The first-order valence-electron chi connectivity index (χ1n) is 10.8. The van der Waals surface area contributed by atoms with Gasteiger partial charge in [0, 0.05) is 38.6 Å². The second-order valence-electron chi connectivity index (χ2n) is 8.17. The molecule has 3 heteroatoms. The van der Waals surface area contributed by atoms with Crippen molar-refractivity contribution < 1.29 is 0 Å². The maximum atomic E-state index is 2.46. The second kappa shape index (κ2) is 6.47. The van der Waals surface area contributed by atoms with E-state index in [1.165, 1.54) is 53.8 Å². The highest BCUT2D eigenvalue weighted by Gasteiger charge is 2.21. The van der Waals surface area contributed by atoms with Gasteiger partial charge in [-0.1, -0.05) is 48.6 Å². The lowest BCUT2D eigenvalue weighted by atomic mass is 10.0. The summed E-state index contributed by atoms with van der Waals surface area (Å²) in [4.78, 5) is 0. The third-order valence-corrected chi connectivity index (χ3v) is 7.55. The van der Waals surface area contributed by atoms with Gasteiger partial charge in [0.25, 0.3) is 0 Å². The van der Waals surface area contributed by atoms with Gasteiger partial charge in [-0.15, -0.1) is 11.3 Å². The van der Waals surface area contributed by atoms with Crippen molar-refractivity contribution in [1.82, 2.24) is 9.13 Å². The van der Waals surface area contributed by atoms with E-state index in [9.17, 15) is 0 Å². The van der Waals surface area contributed by atoms with E-state index in [-0.39, 0.29) is 0 Å². The lowest BCUT2D eigenvalue weighted by Gasteiger charge is -2.13. The van der Waals surface area contributed by atoms with Crippen molar-refractivity contribution in [3.63, 3.8) is 0 Å². The van der Waals surface area contributed by atoms with Crippen LogP contribution in [0.3, 0.4) is 0 Å². The predicted octanol–water partition coefficient (Wildman–Crippen LogP) is 7.75. The lowest BCUT2D eigenvalue weighted by molar-refractivity contribution is 0.888. The first-order valence-corrected chi connectivity index (χ1v) is 11.6. The standard InChI is InChI=1S/C28H20N2S/c1-2-9-20(10-3-1)30-24-12-6-5-11-21(24)28-22-16-17-29(23(22)14-15-25(28)30)27-18-19-8-4-7-13-26(19)31-27/h1-5,7-11,13-18H,6,12H2. The number of aromatic nitrogens is 2. The first-order chi connectivity index (χ1) is 15.4. The van der Waals surface area contributed by atoms with Crippen LogP contribution in [0.4, 0.5) is 0 Å². The molecule has 0 saturated heterocycles. The summed E-state index contributed by atoms with van der Waals surface area (Å²) in [6.07, 6.45) is 9.05. The molecule has 0 radical (unpaired) electrons. The fourth-order valence-corrected chi connectivity index (χ4v) is 6.14. The molecule has 1 aliphatic carbocycles. The number of fused-ring (bicyclic) bond motifs is 6. The molecule has 0 saturated carbocycles. The first kappa shape index (κ1) is 17.2. The Bertz CT molecular complexity index is 1590. The van der Waals surface area contributed by atoms with Crippen LogP contribution in [0.25, 0.3) is 48.7 Å². The summed E-state index contributed by atoms with van der Waals surface area (Å²) < 4.78 is 6.14. The minimum atomic E-state index is 1.08. The van der Waals surface area contributed by atoms with Crippen LogP contribution >= 0.6 is 11.3 Å². The summed E-state index contributed by atoms with van der Waals surface area (Å²) in [6.45, 7) is 0. The highest BCUT2D eigenvalue weighted by Crippen LogP contribution is 2.40. The maximum absolute atomic E-state index is 2.46. The number of para-hydroxylation sites is 1. The van der Waals surface area contributed by atoms with E-state index in [1.807, 2.05) is 11.3 Å². The Morgan fingerprint density at radius 3 is 2.55 bits per heavy atom. The molecule has 6 aromatic rings. The molecular formula is C28H20N2S. The van der Waals surface area contributed by atoms with Gasteiger partial charge in [-0.3, -0.25) is 0 Å². The summed E-state index contributed by atoms with van der Waals surface area (Å²) in [5, 5.41) is 5.27. The van der Waals surface area contributed by atoms with Crippen molar-refractivity contribution in [2.24, 2.45) is 0 Å². The van der Waals surface area contributed by atoms with Crippen LogP contribution in [-0.4, -0.2) is 9.13 Å². The van der Waals surface area contributed by atoms with Crippen molar-refractivity contribution >= 4 is 49.3 Å². The molecule has 31 heavy (non-hydrogen) atoms. The molecule has 0 amide bonds. The number of benzene rings is 3. The molecule has 2 nitrogen and oxygen atoms in total. The van der Waals surface area contributed by atoms with Crippen molar-refractivity contribution in [1.29, 1.82) is 0 Å². The Kier molecular flexibility index (Phi) is 3.58. The molecule has 3 aromatic heterocycles. The quantitative estimate of drug-likeness (QED) is 0.273. The zero-order valence-electron chi connectivity index (χ0n) is 17.0. The summed E-state index contributed by atoms with van der Waals surface area (Å²) in [6, 6.07) is 28.6. The predicted molar refractivity (Wildman–Crippen MR) is 133 cm³/mol. The van der Waals surface area contributed by atoms with E-state index in [2.05, 4.69) is 106 Å². The third kappa shape index (κ3) is 2.44. The third-order valence-electron chi connectivity index (χ3n) is 6.44. The molecule has 0 fully saturated rings. The molecule has 0 spiro atoms. The average molecular weight is 417 g/mol. The van der Waals surface area contributed by atoms with Gasteiger partial charge in [0.2, 0.25) is 0 Å². The van der Waals surface area contributed by atoms with Gasteiger partial charge in [0.05, 0.1) is 11.0 Å². The molecule has 0 aliphatic heterocycles. The van der Waals surface area contributed by atoms with Crippen molar-refractivity contribution in [3.05, 3.63) is 102 Å². The normalized spacial score (nSPS) is 13.4. The van der Waals surface area contributed by atoms with Crippen molar-refractivity contribution in [3.8, 4) is 10.7 Å². The minimum Gasteiger partial charge on any atom is -0.313 e. The molecule has 0 bridgehead atoms. The molecule has 3 heterocycles. The van der Waals surface area contributed by atoms with E-state index in [0.29, 0.717) is 0 Å². The minimum absolute atomic E-state index is 1.08.